The van der Waals surface area contributed by atoms with Crippen molar-refractivity contribution < 1.29 is 32.6 Å². The molecule has 2 aromatic heterocycles. The highest BCUT2D eigenvalue weighted by molar-refractivity contribution is 7.07. The van der Waals surface area contributed by atoms with E-state index in [2.05, 4.69) is 32.0 Å². The smallest absolute Gasteiger partial charge is 0.490 e. The first-order valence-corrected chi connectivity index (χ1v) is 13.5. The van der Waals surface area contributed by atoms with Crippen molar-refractivity contribution in [3.63, 3.8) is 0 Å². The number of aromatic nitrogens is 1. The number of carbonyl (C=O) groups excluding carboxylic acids is 1. The third kappa shape index (κ3) is 8.03. The number of benzene rings is 2. The van der Waals surface area contributed by atoms with Crippen molar-refractivity contribution in [2.75, 3.05) is 18.4 Å². The lowest BCUT2D eigenvalue weighted by Gasteiger charge is -2.32. The van der Waals surface area contributed by atoms with Gasteiger partial charge in [-0.05, 0) is 78.1 Å². The molecule has 2 N–H and O–H groups in total. The second-order valence-corrected chi connectivity index (χ2v) is 10.2. The number of piperidine rings is 1. The van der Waals surface area contributed by atoms with Crippen LogP contribution in [0.2, 0.25) is 0 Å². The largest absolute Gasteiger partial charge is 0.490 e. The number of rotatable bonds is 6. The summed E-state index contributed by atoms with van der Waals surface area (Å²) >= 11 is 1.75. The van der Waals surface area contributed by atoms with Crippen LogP contribution in [-0.2, 0) is 11.3 Å². The number of pyridine rings is 1. The molecule has 1 amide bonds. The molecule has 0 atom stereocenters. The Kier molecular flexibility index (Phi) is 9.38. The molecule has 0 saturated carbocycles. The molecular formula is C29H28F3N3O4S. The Labute approximate surface area is 233 Å². The Hall–Kier alpha value is -3.96. The minimum Gasteiger partial charge on any atom is -0.490 e. The molecule has 0 bridgehead atoms. The number of ether oxygens (including phenoxy) is 1. The average Bonchev–Trinajstić information content (AvgIpc) is 3.44. The van der Waals surface area contributed by atoms with Gasteiger partial charge in [0, 0.05) is 48.5 Å². The van der Waals surface area contributed by atoms with Gasteiger partial charge in [-0.25, -0.2) is 4.79 Å². The number of carbonyl (C=O) groups is 2. The number of amides is 1. The second-order valence-electron chi connectivity index (χ2n) is 9.37. The Morgan fingerprint density at radius 1 is 1.12 bits per heavy atom. The molecule has 210 valence electrons. The van der Waals surface area contributed by atoms with Gasteiger partial charge in [0.2, 0.25) is 0 Å². The summed E-state index contributed by atoms with van der Waals surface area (Å²) in [5.74, 6) is -2.06. The second kappa shape index (κ2) is 12.9. The molecule has 5 rings (SSSR count). The highest BCUT2D eigenvalue weighted by Crippen LogP contribution is 2.27. The van der Waals surface area contributed by atoms with Crippen molar-refractivity contribution in [1.29, 1.82) is 0 Å². The highest BCUT2D eigenvalue weighted by Gasteiger charge is 2.38. The van der Waals surface area contributed by atoms with E-state index in [1.165, 1.54) is 5.56 Å². The van der Waals surface area contributed by atoms with Crippen LogP contribution in [0.25, 0.3) is 10.9 Å². The molecule has 40 heavy (non-hydrogen) atoms. The topological polar surface area (TPSA) is 91.8 Å². The zero-order valence-electron chi connectivity index (χ0n) is 21.6. The van der Waals surface area contributed by atoms with Crippen molar-refractivity contribution in [3.05, 3.63) is 88.2 Å². The van der Waals surface area contributed by atoms with E-state index in [9.17, 15) is 18.0 Å². The number of carboxylic acids is 1. The summed E-state index contributed by atoms with van der Waals surface area (Å²) in [5, 5.41) is 15.4. The lowest BCUT2D eigenvalue weighted by atomic mass is 10.1. The summed E-state index contributed by atoms with van der Waals surface area (Å²) < 4.78 is 38.1. The first-order valence-electron chi connectivity index (χ1n) is 12.6. The molecule has 3 heterocycles. The molecule has 1 saturated heterocycles. The molecule has 0 aliphatic carbocycles. The maximum absolute atomic E-state index is 12.8. The van der Waals surface area contributed by atoms with Gasteiger partial charge < -0.3 is 15.2 Å². The maximum Gasteiger partial charge on any atom is 0.490 e. The van der Waals surface area contributed by atoms with E-state index in [1.807, 2.05) is 49.4 Å². The van der Waals surface area contributed by atoms with Crippen LogP contribution in [-0.4, -0.2) is 52.2 Å². The van der Waals surface area contributed by atoms with Gasteiger partial charge in [-0.1, -0.05) is 12.1 Å². The summed E-state index contributed by atoms with van der Waals surface area (Å²) in [4.78, 5) is 28.5. The van der Waals surface area contributed by atoms with Crippen molar-refractivity contribution in [2.45, 2.75) is 38.6 Å². The Morgan fingerprint density at radius 2 is 1.88 bits per heavy atom. The van der Waals surface area contributed by atoms with Gasteiger partial charge in [-0.2, -0.15) is 24.5 Å². The number of thiophene rings is 1. The van der Waals surface area contributed by atoms with Gasteiger partial charge >= 0.3 is 12.1 Å². The number of hydrogen-bond donors (Lipinski definition) is 2. The molecule has 1 aliphatic heterocycles. The van der Waals surface area contributed by atoms with Gasteiger partial charge in [0.1, 0.15) is 11.9 Å². The Morgan fingerprint density at radius 3 is 2.55 bits per heavy atom. The number of anilines is 1. The summed E-state index contributed by atoms with van der Waals surface area (Å²) in [6.07, 6.45) is -1.12. The quantitative estimate of drug-likeness (QED) is 0.273. The van der Waals surface area contributed by atoms with Crippen LogP contribution in [0.1, 0.15) is 34.3 Å². The van der Waals surface area contributed by atoms with Crippen molar-refractivity contribution in [3.8, 4) is 5.75 Å². The fraction of sp³-hybridized carbons (Fsp3) is 0.276. The highest BCUT2D eigenvalue weighted by atomic mass is 32.1. The lowest BCUT2D eigenvalue weighted by molar-refractivity contribution is -0.192. The van der Waals surface area contributed by atoms with Crippen molar-refractivity contribution in [2.24, 2.45) is 0 Å². The maximum atomic E-state index is 12.8. The summed E-state index contributed by atoms with van der Waals surface area (Å²) in [6.45, 7) is 5.13. The molecule has 7 nitrogen and oxygen atoms in total. The molecule has 1 aliphatic rings. The van der Waals surface area contributed by atoms with Crippen LogP contribution in [0.15, 0.2) is 71.6 Å². The number of nitrogens with zero attached hydrogens (tertiary/aromatic N) is 2. The summed E-state index contributed by atoms with van der Waals surface area (Å²) in [5.41, 5.74) is 4.69. The van der Waals surface area contributed by atoms with E-state index in [0.29, 0.717) is 5.56 Å². The average molecular weight is 572 g/mol. The lowest BCUT2D eigenvalue weighted by Crippen LogP contribution is -2.37. The Balaban J connectivity index is 0.000000470. The molecular weight excluding hydrogens is 543 g/mol. The minimum atomic E-state index is -5.08. The first kappa shape index (κ1) is 29.0. The number of hydrogen-bond acceptors (Lipinski definition) is 6. The third-order valence-corrected chi connectivity index (χ3v) is 7.10. The van der Waals surface area contributed by atoms with E-state index >= 15 is 0 Å². The zero-order valence-corrected chi connectivity index (χ0v) is 22.5. The normalized spacial score (nSPS) is 14.3. The summed E-state index contributed by atoms with van der Waals surface area (Å²) in [7, 11) is 0. The number of fused-ring (bicyclic) bond motifs is 1. The van der Waals surface area contributed by atoms with E-state index in [-0.39, 0.29) is 12.0 Å². The first-order chi connectivity index (χ1) is 19.1. The summed E-state index contributed by atoms with van der Waals surface area (Å²) in [6, 6.07) is 17.4. The van der Waals surface area contributed by atoms with Crippen LogP contribution in [0, 0.1) is 6.92 Å². The van der Waals surface area contributed by atoms with Crippen LogP contribution in [0.4, 0.5) is 18.9 Å². The van der Waals surface area contributed by atoms with Crippen molar-refractivity contribution in [1.82, 2.24) is 9.88 Å². The number of carboxylic acid groups (broad SMARTS) is 1. The molecule has 2 aromatic carbocycles. The molecule has 0 unspecified atom stereocenters. The minimum absolute atomic E-state index is 0.141. The van der Waals surface area contributed by atoms with Crippen LogP contribution in [0.3, 0.4) is 0 Å². The third-order valence-electron chi connectivity index (χ3n) is 6.37. The van der Waals surface area contributed by atoms with E-state index in [0.717, 1.165) is 60.4 Å². The number of alkyl halides is 3. The van der Waals surface area contributed by atoms with E-state index in [4.69, 9.17) is 14.6 Å². The Bertz CT molecular complexity index is 1450. The number of nitrogens with one attached hydrogen (secondary N) is 1. The number of aliphatic carboxylic acids is 1. The predicted molar refractivity (Wildman–Crippen MR) is 148 cm³/mol. The number of halogens is 3. The van der Waals surface area contributed by atoms with Gasteiger partial charge in [-0.3, -0.25) is 14.7 Å². The van der Waals surface area contributed by atoms with Crippen LogP contribution < -0.4 is 10.1 Å². The standard InChI is InChI=1S/C27H27N3O2S.C2HF3O2/c1-19-4-6-23(29-27(31)22-5-7-25-21(15-22)3-2-11-28-25)16-26(19)32-24-8-12-30(13-9-24)17-20-10-14-33-18-20;3-2(4,5)1(6)7/h2-7,10-11,14-16,18,24H,8-9,12-13,17H2,1H3,(H,29,31);(H,6,7). The van der Waals surface area contributed by atoms with E-state index < -0.39 is 12.1 Å². The van der Waals surface area contributed by atoms with Crippen molar-refractivity contribution >= 4 is 39.8 Å². The van der Waals surface area contributed by atoms with Gasteiger partial charge in [0.25, 0.3) is 5.91 Å². The fourth-order valence-corrected chi connectivity index (χ4v) is 4.89. The molecule has 11 heteroatoms. The van der Waals surface area contributed by atoms with Crippen LogP contribution >= 0.6 is 11.3 Å². The monoisotopic (exact) mass is 571 g/mol. The van der Waals surface area contributed by atoms with Gasteiger partial charge in [-0.15, -0.1) is 0 Å². The van der Waals surface area contributed by atoms with Crippen LogP contribution in [0.5, 0.6) is 5.75 Å². The molecule has 4 aromatic rings. The number of likely N-dealkylation sites (tertiary alicyclic amines) is 1. The van der Waals surface area contributed by atoms with Gasteiger partial charge in [0.05, 0.1) is 5.52 Å². The predicted octanol–water partition coefficient (Wildman–Crippen LogP) is 6.53. The molecule has 0 radical (unpaired) electrons. The SMILES string of the molecule is Cc1ccc(NC(=O)c2ccc3ncccc3c2)cc1OC1CCN(Cc2ccsc2)CC1.O=C(O)C(F)(F)F. The number of aryl methyl sites for hydroxylation is 1. The zero-order chi connectivity index (χ0) is 28.7. The fourth-order valence-electron chi connectivity index (χ4n) is 4.23. The van der Waals surface area contributed by atoms with E-state index in [1.54, 1.807) is 23.6 Å². The molecule has 1 fully saturated rings. The van der Waals surface area contributed by atoms with Gasteiger partial charge in [0.15, 0.2) is 0 Å². The molecule has 0 spiro atoms.